The standard InChI is InChI=1S/C14H14FN3O2/c15-11-5-1-2-6-12(11)17-9-13(19)18(14(20)10-17)8-4-3-7-16/h1-2,5-6H,3-4,8-10H2. The van der Waals surface area contributed by atoms with E-state index in [0.29, 0.717) is 12.8 Å². The van der Waals surface area contributed by atoms with Crippen LogP contribution in [-0.4, -0.2) is 36.3 Å². The second-order valence-electron chi connectivity index (χ2n) is 4.51. The van der Waals surface area contributed by atoms with E-state index in [-0.39, 0.29) is 37.1 Å². The van der Waals surface area contributed by atoms with Crippen molar-refractivity contribution in [1.82, 2.24) is 4.90 Å². The highest BCUT2D eigenvalue weighted by Gasteiger charge is 2.31. The minimum atomic E-state index is -0.453. The fourth-order valence-corrected chi connectivity index (χ4v) is 2.14. The molecule has 0 bridgehead atoms. The molecule has 6 heteroatoms. The van der Waals surface area contributed by atoms with Crippen molar-refractivity contribution in [1.29, 1.82) is 5.26 Å². The summed E-state index contributed by atoms with van der Waals surface area (Å²) in [7, 11) is 0. The molecule has 2 amide bonds. The van der Waals surface area contributed by atoms with E-state index < -0.39 is 5.82 Å². The monoisotopic (exact) mass is 275 g/mol. The van der Waals surface area contributed by atoms with Crippen molar-refractivity contribution >= 4 is 17.5 Å². The number of anilines is 1. The first-order valence-corrected chi connectivity index (χ1v) is 6.33. The normalized spacial score (nSPS) is 15.4. The van der Waals surface area contributed by atoms with Gasteiger partial charge in [-0.1, -0.05) is 12.1 Å². The van der Waals surface area contributed by atoms with Crippen molar-refractivity contribution in [2.75, 3.05) is 24.5 Å². The SMILES string of the molecule is N#CCCCN1C(=O)CN(c2ccccc2F)CC1=O. The third kappa shape index (κ3) is 2.94. The van der Waals surface area contributed by atoms with Crippen LogP contribution in [0, 0.1) is 17.1 Å². The summed E-state index contributed by atoms with van der Waals surface area (Å²) in [6.45, 7) is 0.189. The van der Waals surface area contributed by atoms with E-state index in [4.69, 9.17) is 5.26 Å². The molecule has 1 aliphatic heterocycles. The van der Waals surface area contributed by atoms with Gasteiger partial charge < -0.3 is 4.90 Å². The average molecular weight is 275 g/mol. The first kappa shape index (κ1) is 14.0. The zero-order chi connectivity index (χ0) is 14.5. The third-order valence-electron chi connectivity index (χ3n) is 3.12. The Hall–Kier alpha value is -2.42. The number of nitrogens with zero attached hydrogens (tertiary/aromatic N) is 3. The minimum Gasteiger partial charge on any atom is -0.351 e. The summed E-state index contributed by atoms with van der Waals surface area (Å²) in [6, 6.07) is 8.02. The summed E-state index contributed by atoms with van der Waals surface area (Å²) in [4.78, 5) is 26.5. The zero-order valence-electron chi connectivity index (χ0n) is 10.9. The van der Waals surface area contributed by atoms with Crippen LogP contribution < -0.4 is 4.90 Å². The molecule has 0 aliphatic carbocycles. The van der Waals surface area contributed by atoms with Gasteiger partial charge in [-0.3, -0.25) is 14.5 Å². The number of imide groups is 1. The number of halogens is 1. The van der Waals surface area contributed by atoms with Crippen LogP contribution in [0.2, 0.25) is 0 Å². The number of carbonyl (C=O) groups is 2. The van der Waals surface area contributed by atoms with Crippen LogP contribution in [0.15, 0.2) is 24.3 Å². The van der Waals surface area contributed by atoms with Crippen LogP contribution in [0.3, 0.4) is 0 Å². The molecule has 1 fully saturated rings. The Bertz CT molecular complexity index is 550. The molecule has 0 spiro atoms. The Morgan fingerprint density at radius 1 is 1.20 bits per heavy atom. The molecule has 0 radical (unpaired) electrons. The lowest BCUT2D eigenvalue weighted by Crippen LogP contribution is -2.54. The maximum absolute atomic E-state index is 13.7. The Balaban J connectivity index is 2.07. The molecule has 2 rings (SSSR count). The molecule has 1 aromatic rings. The molecule has 0 N–H and O–H groups in total. The first-order valence-electron chi connectivity index (χ1n) is 6.33. The van der Waals surface area contributed by atoms with Crippen LogP contribution in [0.5, 0.6) is 0 Å². The number of unbranched alkanes of at least 4 members (excludes halogenated alkanes) is 1. The molecule has 0 aromatic heterocycles. The Labute approximate surface area is 116 Å². The first-order chi connectivity index (χ1) is 9.63. The smallest absolute Gasteiger partial charge is 0.248 e. The maximum atomic E-state index is 13.7. The molecule has 0 saturated carbocycles. The van der Waals surface area contributed by atoms with Crippen LogP contribution in [0.1, 0.15) is 12.8 Å². The number of benzene rings is 1. The van der Waals surface area contributed by atoms with Gasteiger partial charge in [0.2, 0.25) is 11.8 Å². The number of hydrogen-bond acceptors (Lipinski definition) is 4. The van der Waals surface area contributed by atoms with Crippen LogP contribution in [-0.2, 0) is 9.59 Å². The van der Waals surface area contributed by atoms with Crippen LogP contribution in [0.4, 0.5) is 10.1 Å². The predicted molar refractivity (Wildman–Crippen MR) is 70.2 cm³/mol. The number of carbonyl (C=O) groups excluding carboxylic acids is 2. The minimum absolute atomic E-state index is 0.0285. The van der Waals surface area contributed by atoms with Crippen LogP contribution >= 0.6 is 0 Å². The number of hydrogen-bond donors (Lipinski definition) is 0. The van der Waals surface area contributed by atoms with E-state index in [1.54, 1.807) is 18.2 Å². The van der Waals surface area contributed by atoms with Gasteiger partial charge in [-0.05, 0) is 18.6 Å². The van der Waals surface area contributed by atoms with Crippen molar-refractivity contribution in [3.63, 3.8) is 0 Å². The summed E-state index contributed by atoms with van der Waals surface area (Å²) < 4.78 is 13.7. The number of amides is 2. The van der Waals surface area contributed by atoms with E-state index in [1.165, 1.54) is 11.0 Å². The highest BCUT2D eigenvalue weighted by molar-refractivity contribution is 6.02. The Kier molecular flexibility index (Phi) is 4.31. The summed E-state index contributed by atoms with van der Waals surface area (Å²) >= 11 is 0. The topological polar surface area (TPSA) is 64.4 Å². The Morgan fingerprint density at radius 3 is 2.45 bits per heavy atom. The summed E-state index contributed by atoms with van der Waals surface area (Å²) in [5.41, 5.74) is 0.255. The second-order valence-corrected chi connectivity index (χ2v) is 4.51. The largest absolute Gasteiger partial charge is 0.351 e. The van der Waals surface area contributed by atoms with Crippen molar-refractivity contribution in [3.05, 3.63) is 30.1 Å². The van der Waals surface area contributed by atoms with Gasteiger partial charge in [-0.25, -0.2) is 4.39 Å². The number of nitriles is 1. The lowest BCUT2D eigenvalue weighted by Gasteiger charge is -2.34. The van der Waals surface area contributed by atoms with E-state index in [2.05, 4.69) is 0 Å². The molecule has 1 saturated heterocycles. The molecule has 1 aromatic carbocycles. The molecule has 104 valence electrons. The van der Waals surface area contributed by atoms with Crippen molar-refractivity contribution in [2.24, 2.45) is 0 Å². The lowest BCUT2D eigenvalue weighted by atomic mass is 10.2. The van der Waals surface area contributed by atoms with E-state index >= 15 is 0 Å². The van der Waals surface area contributed by atoms with Gasteiger partial charge >= 0.3 is 0 Å². The summed E-state index contributed by atoms with van der Waals surface area (Å²) in [5.74, 6) is -1.17. The van der Waals surface area contributed by atoms with E-state index in [9.17, 15) is 14.0 Å². The van der Waals surface area contributed by atoms with Crippen LogP contribution in [0.25, 0.3) is 0 Å². The number of piperazine rings is 1. The molecule has 0 atom stereocenters. The molecule has 1 aliphatic rings. The highest BCUT2D eigenvalue weighted by Crippen LogP contribution is 2.21. The lowest BCUT2D eigenvalue weighted by molar-refractivity contribution is -0.145. The van der Waals surface area contributed by atoms with Crippen molar-refractivity contribution in [3.8, 4) is 6.07 Å². The third-order valence-corrected chi connectivity index (χ3v) is 3.12. The fourth-order valence-electron chi connectivity index (χ4n) is 2.14. The highest BCUT2D eigenvalue weighted by atomic mass is 19.1. The van der Waals surface area contributed by atoms with E-state index in [0.717, 1.165) is 4.90 Å². The quantitative estimate of drug-likeness (QED) is 0.614. The Morgan fingerprint density at radius 2 is 1.85 bits per heavy atom. The predicted octanol–water partition coefficient (Wildman–Crippen LogP) is 1.30. The molecular weight excluding hydrogens is 261 g/mol. The van der Waals surface area contributed by atoms with Gasteiger partial charge in [0.25, 0.3) is 0 Å². The fraction of sp³-hybridized carbons (Fsp3) is 0.357. The average Bonchev–Trinajstić information content (AvgIpc) is 2.42. The molecule has 0 unspecified atom stereocenters. The summed E-state index contributed by atoms with van der Waals surface area (Å²) in [5, 5.41) is 8.46. The van der Waals surface area contributed by atoms with Gasteiger partial charge in [0, 0.05) is 13.0 Å². The molecular formula is C14H14FN3O2. The van der Waals surface area contributed by atoms with Gasteiger partial charge in [0.05, 0.1) is 24.8 Å². The molecule has 5 nitrogen and oxygen atoms in total. The maximum Gasteiger partial charge on any atom is 0.248 e. The zero-order valence-corrected chi connectivity index (χ0v) is 10.9. The van der Waals surface area contributed by atoms with Gasteiger partial charge in [-0.15, -0.1) is 0 Å². The van der Waals surface area contributed by atoms with Crippen molar-refractivity contribution in [2.45, 2.75) is 12.8 Å². The van der Waals surface area contributed by atoms with E-state index in [1.807, 2.05) is 6.07 Å². The summed E-state index contributed by atoms with van der Waals surface area (Å²) in [6.07, 6.45) is 0.766. The number of para-hydroxylation sites is 1. The molecule has 20 heavy (non-hydrogen) atoms. The number of rotatable bonds is 4. The van der Waals surface area contributed by atoms with Crippen molar-refractivity contribution < 1.29 is 14.0 Å². The second kappa shape index (κ2) is 6.15. The van der Waals surface area contributed by atoms with Gasteiger partial charge in [0.1, 0.15) is 5.82 Å². The van der Waals surface area contributed by atoms with Gasteiger partial charge in [-0.2, -0.15) is 5.26 Å². The van der Waals surface area contributed by atoms with Gasteiger partial charge in [0.15, 0.2) is 0 Å². The molecule has 1 heterocycles.